The molecule has 0 saturated carbocycles. The molecule has 0 radical (unpaired) electrons. The summed E-state index contributed by atoms with van der Waals surface area (Å²) in [5, 5.41) is 14.0. The van der Waals surface area contributed by atoms with E-state index in [1.165, 1.54) is 12.1 Å². The van der Waals surface area contributed by atoms with Gasteiger partial charge in [-0.3, -0.25) is 4.79 Å². The van der Waals surface area contributed by atoms with E-state index in [4.69, 9.17) is 0 Å². The number of hydrogen-bond acceptors (Lipinski definition) is 3. The molecule has 0 aromatic carbocycles. The number of nitrogens with zero attached hydrogens (tertiary/aromatic N) is 1. The first-order valence-corrected chi connectivity index (χ1v) is 6.28. The van der Waals surface area contributed by atoms with E-state index in [1.54, 1.807) is 0 Å². The second-order valence-corrected chi connectivity index (χ2v) is 4.56. The van der Waals surface area contributed by atoms with Crippen LogP contribution < -0.4 is 5.32 Å². The molecule has 1 heterocycles. The van der Waals surface area contributed by atoms with Crippen molar-refractivity contribution in [1.29, 1.82) is 0 Å². The summed E-state index contributed by atoms with van der Waals surface area (Å²) in [6, 6.07) is 2.66. The second-order valence-electron chi connectivity index (χ2n) is 3.91. The normalized spacial score (nSPS) is 14.1. The van der Waals surface area contributed by atoms with Crippen molar-refractivity contribution in [3.8, 4) is 0 Å². The van der Waals surface area contributed by atoms with Gasteiger partial charge in [-0.2, -0.15) is 0 Å². The summed E-state index contributed by atoms with van der Waals surface area (Å²) in [5.41, 5.74) is 0.199. The summed E-state index contributed by atoms with van der Waals surface area (Å²) in [5.74, 6) is -0.237. The van der Waals surface area contributed by atoms with Gasteiger partial charge in [-0.1, -0.05) is 22.9 Å². The lowest BCUT2D eigenvalue weighted by Crippen LogP contribution is -2.37. The Hall–Kier alpha value is -1.37. The molecule has 1 rings (SSSR count). The third-order valence-corrected chi connectivity index (χ3v) is 3.59. The van der Waals surface area contributed by atoms with Crippen molar-refractivity contribution in [1.82, 2.24) is 10.3 Å². The van der Waals surface area contributed by atoms with E-state index in [0.29, 0.717) is 0 Å². The van der Waals surface area contributed by atoms with Crippen LogP contribution in [0, 0.1) is 16.0 Å². The molecule has 2 atom stereocenters. The first-order valence-electron chi connectivity index (χ1n) is 5.16. The number of nitrogens with one attached hydrogen (secondary N) is 2. The topological polar surface area (TPSA) is 88.0 Å². The molecule has 1 amide bonds. The first-order chi connectivity index (χ1) is 7.95. The van der Waals surface area contributed by atoms with Crippen LogP contribution in [0.4, 0.5) is 5.82 Å². The highest BCUT2D eigenvalue weighted by atomic mass is 79.9. The maximum atomic E-state index is 11.7. The fraction of sp³-hybridized carbons (Fsp3) is 0.500. The third-order valence-electron chi connectivity index (χ3n) is 2.57. The highest BCUT2D eigenvalue weighted by molar-refractivity contribution is 9.09. The summed E-state index contributed by atoms with van der Waals surface area (Å²) >= 11 is 3.34. The van der Waals surface area contributed by atoms with Gasteiger partial charge in [0.2, 0.25) is 0 Å². The number of aromatic nitrogens is 1. The molecule has 17 heavy (non-hydrogen) atoms. The number of rotatable bonds is 5. The number of alkyl halides is 1. The van der Waals surface area contributed by atoms with Crippen LogP contribution in [0.2, 0.25) is 0 Å². The van der Waals surface area contributed by atoms with Gasteiger partial charge in [0, 0.05) is 17.4 Å². The zero-order valence-corrected chi connectivity index (χ0v) is 11.2. The molecule has 0 aliphatic rings. The molecule has 0 aliphatic carbocycles. The summed E-state index contributed by atoms with van der Waals surface area (Å²) in [4.78, 5) is 24.1. The molecule has 7 heteroatoms. The Labute approximate surface area is 107 Å². The van der Waals surface area contributed by atoms with Gasteiger partial charge < -0.3 is 15.4 Å². The van der Waals surface area contributed by atoms with E-state index >= 15 is 0 Å². The van der Waals surface area contributed by atoms with Gasteiger partial charge in [0.05, 0.1) is 0 Å². The Kier molecular flexibility index (Phi) is 4.68. The molecule has 1 aromatic heterocycles. The quantitative estimate of drug-likeness (QED) is 0.496. The maximum Gasteiger partial charge on any atom is 0.321 e. The van der Waals surface area contributed by atoms with Gasteiger partial charge in [0.25, 0.3) is 5.91 Å². The van der Waals surface area contributed by atoms with Crippen molar-refractivity contribution in [3.63, 3.8) is 0 Å². The molecule has 0 aliphatic heterocycles. The SMILES string of the molecule is CC(CBr)C(C)NC(=O)c1ccc([N+](=O)[O-])[nH]1. The number of amides is 1. The fourth-order valence-electron chi connectivity index (χ4n) is 1.18. The average molecular weight is 304 g/mol. The van der Waals surface area contributed by atoms with Crippen LogP contribution in [-0.2, 0) is 0 Å². The van der Waals surface area contributed by atoms with E-state index in [2.05, 4.69) is 26.2 Å². The minimum atomic E-state index is -0.568. The smallest absolute Gasteiger partial charge is 0.321 e. The summed E-state index contributed by atoms with van der Waals surface area (Å²) in [7, 11) is 0. The van der Waals surface area contributed by atoms with Crippen molar-refractivity contribution in [2.75, 3.05) is 5.33 Å². The van der Waals surface area contributed by atoms with E-state index in [9.17, 15) is 14.9 Å². The van der Waals surface area contributed by atoms with Gasteiger partial charge in [-0.25, -0.2) is 4.98 Å². The summed E-state index contributed by atoms with van der Waals surface area (Å²) < 4.78 is 0. The van der Waals surface area contributed by atoms with Crippen LogP contribution in [0.25, 0.3) is 0 Å². The lowest BCUT2D eigenvalue weighted by atomic mass is 10.1. The second kappa shape index (κ2) is 5.81. The Morgan fingerprint density at radius 3 is 2.71 bits per heavy atom. The molecule has 1 aromatic rings. The standard InChI is InChI=1S/C10H14BrN3O3/c1-6(5-11)7(2)12-10(15)8-3-4-9(13-8)14(16)17/h3-4,6-7,13H,5H2,1-2H3,(H,12,15). The first kappa shape index (κ1) is 13.7. The molecule has 0 saturated heterocycles. The molecule has 0 bridgehead atoms. The number of carbonyl (C=O) groups excluding carboxylic acids is 1. The van der Waals surface area contributed by atoms with Crippen molar-refractivity contribution in [2.45, 2.75) is 19.9 Å². The highest BCUT2D eigenvalue weighted by Gasteiger charge is 2.19. The molecule has 2 unspecified atom stereocenters. The third kappa shape index (κ3) is 3.55. The largest absolute Gasteiger partial charge is 0.358 e. The van der Waals surface area contributed by atoms with Crippen molar-refractivity contribution in [3.05, 3.63) is 27.9 Å². The van der Waals surface area contributed by atoms with Gasteiger partial charge in [0.15, 0.2) is 5.69 Å². The van der Waals surface area contributed by atoms with Crippen molar-refractivity contribution < 1.29 is 9.72 Å². The van der Waals surface area contributed by atoms with E-state index in [-0.39, 0.29) is 29.4 Å². The lowest BCUT2D eigenvalue weighted by molar-refractivity contribution is -0.389. The van der Waals surface area contributed by atoms with Gasteiger partial charge in [0.1, 0.15) is 0 Å². The van der Waals surface area contributed by atoms with Crippen molar-refractivity contribution >= 4 is 27.7 Å². The van der Waals surface area contributed by atoms with E-state index < -0.39 is 4.92 Å². The number of aromatic amines is 1. The molecule has 2 N–H and O–H groups in total. The van der Waals surface area contributed by atoms with E-state index in [0.717, 1.165) is 5.33 Å². The monoisotopic (exact) mass is 303 g/mol. The Balaban J connectivity index is 2.66. The Morgan fingerprint density at radius 1 is 1.59 bits per heavy atom. The molecular formula is C10H14BrN3O3. The summed E-state index contributed by atoms with van der Waals surface area (Å²) in [6.45, 7) is 3.89. The maximum absolute atomic E-state index is 11.7. The highest BCUT2D eigenvalue weighted by Crippen LogP contribution is 2.11. The number of H-pyrrole nitrogens is 1. The van der Waals surface area contributed by atoms with Gasteiger partial charge in [-0.15, -0.1) is 0 Å². The molecule has 94 valence electrons. The predicted molar refractivity (Wildman–Crippen MR) is 67.3 cm³/mol. The number of carbonyl (C=O) groups is 1. The fourth-order valence-corrected chi connectivity index (χ4v) is 1.74. The lowest BCUT2D eigenvalue weighted by Gasteiger charge is -2.18. The van der Waals surface area contributed by atoms with Crippen LogP contribution >= 0.6 is 15.9 Å². The molecule has 0 fully saturated rings. The predicted octanol–water partition coefficient (Wildman–Crippen LogP) is 2.07. The van der Waals surface area contributed by atoms with E-state index in [1.807, 2.05) is 13.8 Å². The van der Waals surface area contributed by atoms with Gasteiger partial charge in [-0.05, 0) is 23.8 Å². The zero-order valence-electron chi connectivity index (χ0n) is 9.57. The number of nitro groups is 1. The Bertz CT molecular complexity index is 419. The summed E-state index contributed by atoms with van der Waals surface area (Å²) in [6.07, 6.45) is 0. The Morgan fingerprint density at radius 2 is 2.24 bits per heavy atom. The molecule has 0 spiro atoms. The number of hydrogen-bond donors (Lipinski definition) is 2. The number of halogens is 1. The van der Waals surface area contributed by atoms with Crippen LogP contribution in [0.15, 0.2) is 12.1 Å². The molecular weight excluding hydrogens is 290 g/mol. The minimum Gasteiger partial charge on any atom is -0.358 e. The van der Waals surface area contributed by atoms with Crippen LogP contribution in [0.1, 0.15) is 24.3 Å². The average Bonchev–Trinajstić information content (AvgIpc) is 2.77. The molecule has 6 nitrogen and oxygen atoms in total. The van der Waals surface area contributed by atoms with Gasteiger partial charge >= 0.3 is 5.82 Å². The van der Waals surface area contributed by atoms with Crippen LogP contribution in [0.3, 0.4) is 0 Å². The van der Waals surface area contributed by atoms with Crippen LogP contribution in [-0.4, -0.2) is 27.2 Å². The minimum absolute atomic E-state index is 0.00997. The van der Waals surface area contributed by atoms with Crippen molar-refractivity contribution in [2.24, 2.45) is 5.92 Å². The van der Waals surface area contributed by atoms with Crippen LogP contribution in [0.5, 0.6) is 0 Å². The zero-order chi connectivity index (χ0) is 13.0.